The zero-order chi connectivity index (χ0) is 19.3. The van der Waals surface area contributed by atoms with E-state index in [2.05, 4.69) is 87.7 Å². The summed E-state index contributed by atoms with van der Waals surface area (Å²) < 4.78 is 4.54. The first kappa shape index (κ1) is 23.9. The summed E-state index contributed by atoms with van der Waals surface area (Å²) in [6, 6.07) is 11.4. The first-order valence-corrected chi connectivity index (χ1v) is 9.68. The smallest absolute Gasteiger partial charge is 0.0433 e. The van der Waals surface area contributed by atoms with Gasteiger partial charge in [0.2, 0.25) is 0 Å². The Bertz CT molecular complexity index is 458. The summed E-state index contributed by atoms with van der Waals surface area (Å²) in [6.07, 6.45) is 6.12. The third-order valence-corrected chi connectivity index (χ3v) is 4.52. The van der Waals surface area contributed by atoms with Crippen LogP contribution in [-0.2, 0) is 10.2 Å². The minimum atomic E-state index is 0.193. The molecule has 0 aliphatic rings. The number of hydrogen-bond acceptors (Lipinski definition) is 2. The topological polar surface area (TPSA) is 12.5 Å². The van der Waals surface area contributed by atoms with Crippen LogP contribution in [0, 0.1) is 0 Å². The molecule has 0 saturated heterocycles. The second-order valence-electron chi connectivity index (χ2n) is 7.68. The number of likely N-dealkylation sites (N-methyl/N-ethyl adjacent to an activating group) is 1. The van der Waals surface area contributed by atoms with Gasteiger partial charge in [0.15, 0.2) is 0 Å². The number of allylic oxidation sites excluding steroid dienone is 1. The van der Waals surface area contributed by atoms with Crippen molar-refractivity contribution >= 4 is 0 Å². The molecule has 0 spiro atoms. The van der Waals surface area contributed by atoms with Gasteiger partial charge in [0.25, 0.3) is 0 Å². The van der Waals surface area contributed by atoms with Gasteiger partial charge in [-0.3, -0.25) is 4.90 Å². The molecule has 1 aromatic carbocycles. The maximum Gasteiger partial charge on any atom is 0.0433 e. The number of rotatable bonds is 9. The lowest BCUT2D eigenvalue weighted by atomic mass is 9.78. The van der Waals surface area contributed by atoms with Crippen molar-refractivity contribution in [3.8, 4) is 0 Å². The van der Waals surface area contributed by atoms with Gasteiger partial charge < -0.3 is 4.74 Å². The van der Waals surface area contributed by atoms with Crippen LogP contribution in [0.2, 0.25) is 0 Å². The third-order valence-electron chi connectivity index (χ3n) is 4.52. The lowest BCUT2D eigenvalue weighted by Crippen LogP contribution is -2.36. The molecule has 1 unspecified atom stereocenters. The van der Waals surface area contributed by atoms with Crippen molar-refractivity contribution in [1.82, 2.24) is 4.90 Å². The monoisotopic (exact) mass is 347 g/mol. The highest BCUT2D eigenvalue weighted by Gasteiger charge is 2.26. The predicted octanol–water partition coefficient (Wildman–Crippen LogP) is 6.07. The molecule has 1 aromatic rings. The van der Waals surface area contributed by atoms with Gasteiger partial charge in [-0.25, -0.2) is 0 Å². The zero-order valence-electron chi connectivity index (χ0n) is 17.9. The summed E-state index contributed by atoms with van der Waals surface area (Å²) in [7, 11) is 3.95. The van der Waals surface area contributed by atoms with Gasteiger partial charge in [0.05, 0.1) is 0 Å². The first-order valence-electron chi connectivity index (χ1n) is 9.68. The van der Waals surface area contributed by atoms with E-state index in [1.807, 2.05) is 6.92 Å². The molecule has 1 atom stereocenters. The molecule has 0 fully saturated rings. The fourth-order valence-corrected chi connectivity index (χ4v) is 2.83. The SMILES string of the molecule is CCCCN(C)C(C=C(C)C)CC(C)(C)c1ccccc1.CCOC. The van der Waals surface area contributed by atoms with Gasteiger partial charge >= 0.3 is 0 Å². The van der Waals surface area contributed by atoms with Crippen LogP contribution in [0.5, 0.6) is 0 Å². The highest BCUT2D eigenvalue weighted by atomic mass is 16.5. The van der Waals surface area contributed by atoms with Crippen molar-refractivity contribution in [2.75, 3.05) is 27.3 Å². The van der Waals surface area contributed by atoms with Crippen LogP contribution >= 0.6 is 0 Å². The lowest BCUT2D eigenvalue weighted by Gasteiger charge is -2.34. The molecule has 0 heterocycles. The highest BCUT2D eigenvalue weighted by Crippen LogP contribution is 2.30. The Morgan fingerprint density at radius 3 is 2.16 bits per heavy atom. The van der Waals surface area contributed by atoms with Gasteiger partial charge in [-0.1, -0.05) is 69.2 Å². The van der Waals surface area contributed by atoms with E-state index in [9.17, 15) is 0 Å². The maximum atomic E-state index is 4.54. The third kappa shape index (κ3) is 10.5. The number of benzene rings is 1. The molecule has 1 rings (SSSR count). The van der Waals surface area contributed by atoms with Crippen molar-refractivity contribution in [2.24, 2.45) is 0 Å². The summed E-state index contributed by atoms with van der Waals surface area (Å²) in [4.78, 5) is 2.52. The molecule has 0 saturated carbocycles. The normalized spacial score (nSPS) is 12.4. The molecule has 0 aliphatic carbocycles. The van der Waals surface area contributed by atoms with Crippen LogP contribution in [0.15, 0.2) is 42.0 Å². The maximum absolute atomic E-state index is 4.54. The van der Waals surface area contributed by atoms with E-state index in [1.165, 1.54) is 30.5 Å². The molecule has 2 heteroatoms. The molecule has 144 valence electrons. The summed E-state index contributed by atoms with van der Waals surface area (Å²) in [6.45, 7) is 15.4. The van der Waals surface area contributed by atoms with E-state index in [-0.39, 0.29) is 5.41 Å². The Kier molecular flexibility index (Phi) is 12.5. The largest absolute Gasteiger partial charge is 0.385 e. The quantitative estimate of drug-likeness (QED) is 0.502. The summed E-state index contributed by atoms with van der Waals surface area (Å²) in [5, 5.41) is 0. The Morgan fingerprint density at radius 1 is 1.16 bits per heavy atom. The molecule has 0 bridgehead atoms. The highest BCUT2D eigenvalue weighted by molar-refractivity contribution is 5.24. The summed E-state index contributed by atoms with van der Waals surface area (Å²) in [5.74, 6) is 0. The molecule has 0 aromatic heterocycles. The number of ether oxygens (including phenoxy) is 1. The van der Waals surface area contributed by atoms with Crippen molar-refractivity contribution in [1.29, 1.82) is 0 Å². The summed E-state index contributed by atoms with van der Waals surface area (Å²) in [5.41, 5.74) is 3.03. The fourth-order valence-electron chi connectivity index (χ4n) is 2.83. The van der Waals surface area contributed by atoms with Crippen molar-refractivity contribution in [2.45, 2.75) is 72.3 Å². The van der Waals surface area contributed by atoms with Gasteiger partial charge in [-0.2, -0.15) is 0 Å². The molecule has 0 aliphatic heterocycles. The molecular weight excluding hydrogens is 306 g/mol. The average Bonchev–Trinajstić information content (AvgIpc) is 2.59. The van der Waals surface area contributed by atoms with Crippen LogP contribution in [0.4, 0.5) is 0 Å². The van der Waals surface area contributed by atoms with E-state index in [1.54, 1.807) is 7.11 Å². The minimum Gasteiger partial charge on any atom is -0.385 e. The van der Waals surface area contributed by atoms with Crippen molar-refractivity contribution in [3.05, 3.63) is 47.5 Å². The Morgan fingerprint density at radius 2 is 1.72 bits per heavy atom. The first-order chi connectivity index (χ1) is 11.8. The lowest BCUT2D eigenvalue weighted by molar-refractivity contribution is 0.215. The van der Waals surface area contributed by atoms with E-state index < -0.39 is 0 Å². The minimum absolute atomic E-state index is 0.193. The second-order valence-corrected chi connectivity index (χ2v) is 7.68. The molecule has 0 amide bonds. The van der Waals surface area contributed by atoms with Gasteiger partial charge in [-0.15, -0.1) is 0 Å². The van der Waals surface area contributed by atoms with Crippen LogP contribution in [0.1, 0.15) is 66.4 Å². The number of nitrogens with zero attached hydrogens (tertiary/aromatic N) is 1. The Labute approximate surface area is 157 Å². The van der Waals surface area contributed by atoms with Crippen LogP contribution < -0.4 is 0 Å². The van der Waals surface area contributed by atoms with Crippen LogP contribution in [0.3, 0.4) is 0 Å². The van der Waals surface area contributed by atoms with Gasteiger partial charge in [0.1, 0.15) is 0 Å². The fraction of sp³-hybridized carbons (Fsp3) is 0.652. The molecule has 0 N–H and O–H groups in total. The number of unbranched alkanes of at least 4 members (excludes halogenated alkanes) is 1. The van der Waals surface area contributed by atoms with Gasteiger partial charge in [0, 0.05) is 19.8 Å². The van der Waals surface area contributed by atoms with E-state index >= 15 is 0 Å². The van der Waals surface area contributed by atoms with E-state index in [0.29, 0.717) is 6.04 Å². The molecule has 0 radical (unpaired) electrons. The summed E-state index contributed by atoms with van der Waals surface area (Å²) >= 11 is 0. The number of hydrogen-bond donors (Lipinski definition) is 0. The van der Waals surface area contributed by atoms with Crippen LogP contribution in [0.25, 0.3) is 0 Å². The Balaban J connectivity index is 0.00000129. The molecular formula is C23H41NO. The van der Waals surface area contributed by atoms with Gasteiger partial charge in [-0.05, 0) is 58.2 Å². The second kappa shape index (κ2) is 13.1. The predicted molar refractivity (Wildman–Crippen MR) is 112 cm³/mol. The van der Waals surface area contributed by atoms with E-state index in [4.69, 9.17) is 0 Å². The van der Waals surface area contributed by atoms with Crippen LogP contribution in [-0.4, -0.2) is 38.3 Å². The zero-order valence-corrected chi connectivity index (χ0v) is 17.9. The van der Waals surface area contributed by atoms with Crippen molar-refractivity contribution in [3.63, 3.8) is 0 Å². The average molecular weight is 348 g/mol. The standard InChI is InChI=1S/C20H33N.C3H8O/c1-7-8-14-21(6)19(15-17(2)3)16-20(4,5)18-12-10-9-11-13-18;1-3-4-2/h9-13,15,19H,7-8,14,16H2,1-6H3;3H2,1-2H3. The molecule has 25 heavy (non-hydrogen) atoms. The van der Waals surface area contributed by atoms with Crippen molar-refractivity contribution < 1.29 is 4.74 Å². The van der Waals surface area contributed by atoms with E-state index in [0.717, 1.165) is 13.0 Å². The Hall–Kier alpha value is -1.12. The molecule has 2 nitrogen and oxygen atoms in total. The number of methoxy groups -OCH3 is 1.